The van der Waals surface area contributed by atoms with E-state index in [0.717, 1.165) is 17.0 Å². The van der Waals surface area contributed by atoms with E-state index < -0.39 is 0 Å². The van der Waals surface area contributed by atoms with Crippen molar-refractivity contribution in [1.82, 2.24) is 15.0 Å². The Balaban J connectivity index is 2.38. The molecule has 0 saturated carbocycles. The molecule has 0 atom stereocenters. The van der Waals surface area contributed by atoms with E-state index in [1.807, 2.05) is 16.8 Å². The molecule has 108 valence electrons. The molecule has 1 aromatic carbocycles. The van der Waals surface area contributed by atoms with Gasteiger partial charge in [0.05, 0.1) is 28.0 Å². The summed E-state index contributed by atoms with van der Waals surface area (Å²) in [4.78, 5) is 0. The van der Waals surface area contributed by atoms with Crippen molar-refractivity contribution in [2.45, 2.75) is 39.3 Å². The lowest BCUT2D eigenvalue weighted by atomic mass is 9.90. The Morgan fingerprint density at radius 3 is 2.45 bits per heavy atom. The third-order valence-corrected chi connectivity index (χ3v) is 3.76. The average Bonchev–Trinajstić information content (AvgIpc) is 2.76. The van der Waals surface area contributed by atoms with Crippen molar-refractivity contribution in [2.75, 3.05) is 0 Å². The van der Waals surface area contributed by atoms with E-state index in [4.69, 9.17) is 28.9 Å². The number of nitrogens with two attached hydrogens (primary N) is 1. The summed E-state index contributed by atoms with van der Waals surface area (Å²) < 4.78 is 1.88. The Morgan fingerprint density at radius 1 is 1.20 bits per heavy atom. The Bertz CT molecular complexity index is 614. The van der Waals surface area contributed by atoms with Crippen LogP contribution in [0.4, 0.5) is 0 Å². The van der Waals surface area contributed by atoms with Gasteiger partial charge in [0.1, 0.15) is 0 Å². The van der Waals surface area contributed by atoms with E-state index in [0.29, 0.717) is 23.1 Å². The van der Waals surface area contributed by atoms with Crippen molar-refractivity contribution in [3.8, 4) is 0 Å². The first-order chi connectivity index (χ1) is 9.32. The van der Waals surface area contributed by atoms with E-state index >= 15 is 0 Å². The Morgan fingerprint density at radius 2 is 1.90 bits per heavy atom. The van der Waals surface area contributed by atoms with Crippen molar-refractivity contribution < 1.29 is 0 Å². The van der Waals surface area contributed by atoms with Crippen LogP contribution >= 0.6 is 23.2 Å². The minimum Gasteiger partial charge on any atom is -0.325 e. The van der Waals surface area contributed by atoms with Gasteiger partial charge < -0.3 is 5.73 Å². The summed E-state index contributed by atoms with van der Waals surface area (Å²) in [5.74, 6) is 0. The number of aromatic nitrogens is 3. The fraction of sp³-hybridized carbons (Fsp3) is 0.429. The molecule has 2 rings (SSSR count). The van der Waals surface area contributed by atoms with Crippen LogP contribution in [0.25, 0.3) is 0 Å². The minimum atomic E-state index is -0.0750. The number of rotatable bonds is 3. The summed E-state index contributed by atoms with van der Waals surface area (Å²) in [6, 6.07) is 5.57. The fourth-order valence-electron chi connectivity index (χ4n) is 2.23. The van der Waals surface area contributed by atoms with E-state index in [1.54, 1.807) is 6.07 Å². The Labute approximate surface area is 128 Å². The summed E-state index contributed by atoms with van der Waals surface area (Å²) in [6.07, 6.45) is 0. The van der Waals surface area contributed by atoms with Gasteiger partial charge in [0.2, 0.25) is 0 Å². The van der Waals surface area contributed by atoms with Gasteiger partial charge in [-0.15, -0.1) is 5.10 Å². The molecule has 0 aliphatic heterocycles. The maximum atomic E-state index is 6.05. The highest BCUT2D eigenvalue weighted by Gasteiger charge is 2.24. The Kier molecular flexibility index (Phi) is 4.37. The third kappa shape index (κ3) is 3.14. The van der Waals surface area contributed by atoms with E-state index in [2.05, 4.69) is 31.1 Å². The third-order valence-electron chi connectivity index (χ3n) is 3.02. The van der Waals surface area contributed by atoms with Gasteiger partial charge in [-0.1, -0.05) is 55.3 Å². The van der Waals surface area contributed by atoms with Crippen molar-refractivity contribution in [1.29, 1.82) is 0 Å². The quantitative estimate of drug-likeness (QED) is 0.945. The standard InChI is InChI=1S/C14H18Cl2N4/c1-14(2,3)13-12(7-17)18-19-20(13)8-9-4-5-10(15)11(16)6-9/h4-6H,7-8,17H2,1-3H3. The Hall–Kier alpha value is -1.10. The molecule has 1 aromatic heterocycles. The first kappa shape index (κ1) is 15.3. The van der Waals surface area contributed by atoms with Gasteiger partial charge in [0, 0.05) is 12.0 Å². The van der Waals surface area contributed by atoms with E-state index in [9.17, 15) is 0 Å². The molecule has 1 heterocycles. The predicted octanol–water partition coefficient (Wildman–Crippen LogP) is 3.39. The molecular weight excluding hydrogens is 295 g/mol. The molecule has 2 N–H and O–H groups in total. The van der Waals surface area contributed by atoms with Gasteiger partial charge in [-0.3, -0.25) is 0 Å². The molecule has 0 fully saturated rings. The summed E-state index contributed by atoms with van der Waals surface area (Å²) >= 11 is 12.0. The molecule has 4 nitrogen and oxygen atoms in total. The molecule has 0 spiro atoms. The van der Waals surface area contributed by atoms with Gasteiger partial charge in [0.25, 0.3) is 0 Å². The zero-order valence-electron chi connectivity index (χ0n) is 11.8. The molecule has 0 unspecified atom stereocenters. The zero-order chi connectivity index (χ0) is 14.9. The van der Waals surface area contributed by atoms with Crippen molar-refractivity contribution in [2.24, 2.45) is 5.73 Å². The normalized spacial score (nSPS) is 11.9. The highest BCUT2D eigenvalue weighted by atomic mass is 35.5. The predicted molar refractivity (Wildman–Crippen MR) is 82.2 cm³/mol. The van der Waals surface area contributed by atoms with Crippen LogP contribution in [0.3, 0.4) is 0 Å². The molecule has 6 heteroatoms. The average molecular weight is 313 g/mol. The van der Waals surface area contributed by atoms with Crippen LogP contribution < -0.4 is 5.73 Å². The van der Waals surface area contributed by atoms with Crippen molar-refractivity contribution in [3.05, 3.63) is 45.2 Å². The lowest BCUT2D eigenvalue weighted by Crippen LogP contribution is -2.21. The van der Waals surface area contributed by atoms with Crippen LogP contribution in [0.1, 0.15) is 37.7 Å². The summed E-state index contributed by atoms with van der Waals surface area (Å²) in [6.45, 7) is 7.34. The van der Waals surface area contributed by atoms with Crippen LogP contribution in [0.5, 0.6) is 0 Å². The van der Waals surface area contributed by atoms with Crippen LogP contribution in [-0.2, 0) is 18.5 Å². The van der Waals surface area contributed by atoms with Gasteiger partial charge in [-0.05, 0) is 17.7 Å². The fourth-order valence-corrected chi connectivity index (χ4v) is 2.55. The molecule has 0 aliphatic rings. The number of halogens is 2. The lowest BCUT2D eigenvalue weighted by molar-refractivity contribution is 0.498. The SMILES string of the molecule is CC(C)(C)c1c(CN)nnn1Cc1ccc(Cl)c(Cl)c1. The highest BCUT2D eigenvalue weighted by Crippen LogP contribution is 2.27. The second-order valence-corrected chi connectivity index (χ2v) is 6.56. The van der Waals surface area contributed by atoms with Crippen molar-refractivity contribution in [3.63, 3.8) is 0 Å². The summed E-state index contributed by atoms with van der Waals surface area (Å²) in [7, 11) is 0. The molecule has 2 aromatic rings. The van der Waals surface area contributed by atoms with Crippen LogP contribution in [0.2, 0.25) is 10.0 Å². The first-order valence-electron chi connectivity index (χ1n) is 6.39. The number of hydrogen-bond acceptors (Lipinski definition) is 3. The molecule has 0 radical (unpaired) electrons. The summed E-state index contributed by atoms with van der Waals surface area (Å²) in [5, 5.41) is 9.47. The molecule has 20 heavy (non-hydrogen) atoms. The maximum Gasteiger partial charge on any atom is 0.1000 e. The highest BCUT2D eigenvalue weighted by molar-refractivity contribution is 6.42. The summed E-state index contributed by atoms with van der Waals surface area (Å²) in [5.41, 5.74) is 8.57. The molecule has 0 aliphatic carbocycles. The molecule has 0 amide bonds. The van der Waals surface area contributed by atoms with Gasteiger partial charge >= 0.3 is 0 Å². The first-order valence-corrected chi connectivity index (χ1v) is 7.15. The number of hydrogen-bond donors (Lipinski definition) is 1. The van der Waals surface area contributed by atoms with Crippen molar-refractivity contribution >= 4 is 23.2 Å². The van der Waals surface area contributed by atoms with Crippen LogP contribution in [-0.4, -0.2) is 15.0 Å². The second kappa shape index (κ2) is 5.72. The molecule has 0 saturated heterocycles. The number of nitrogens with zero attached hydrogens (tertiary/aromatic N) is 3. The zero-order valence-corrected chi connectivity index (χ0v) is 13.3. The van der Waals surface area contributed by atoms with Crippen LogP contribution in [0, 0.1) is 0 Å². The smallest absolute Gasteiger partial charge is 0.1000 e. The number of benzene rings is 1. The monoisotopic (exact) mass is 312 g/mol. The van der Waals surface area contributed by atoms with E-state index in [1.165, 1.54) is 0 Å². The lowest BCUT2D eigenvalue weighted by Gasteiger charge is -2.21. The molecular formula is C14H18Cl2N4. The topological polar surface area (TPSA) is 56.7 Å². The van der Waals surface area contributed by atoms with Crippen LogP contribution in [0.15, 0.2) is 18.2 Å². The molecule has 0 bridgehead atoms. The second-order valence-electron chi connectivity index (χ2n) is 5.74. The largest absolute Gasteiger partial charge is 0.325 e. The van der Waals surface area contributed by atoms with Gasteiger partial charge in [0.15, 0.2) is 0 Å². The maximum absolute atomic E-state index is 6.05. The minimum absolute atomic E-state index is 0.0750. The van der Waals surface area contributed by atoms with E-state index in [-0.39, 0.29) is 5.41 Å². The van der Waals surface area contributed by atoms with Gasteiger partial charge in [-0.25, -0.2) is 4.68 Å². The van der Waals surface area contributed by atoms with Gasteiger partial charge in [-0.2, -0.15) is 0 Å².